The van der Waals surface area contributed by atoms with E-state index in [-0.39, 0.29) is 0 Å². The molecular weight excluding hydrogens is 460 g/mol. The quantitative estimate of drug-likeness (QED) is 0.220. The number of hydrogen-bond acceptors (Lipinski definition) is 0. The van der Waals surface area contributed by atoms with E-state index < -0.39 is 0 Å². The van der Waals surface area contributed by atoms with Crippen molar-refractivity contribution in [2.75, 3.05) is 0 Å². The summed E-state index contributed by atoms with van der Waals surface area (Å²) >= 11 is 0. The van der Waals surface area contributed by atoms with Crippen molar-refractivity contribution in [3.63, 3.8) is 0 Å². The van der Waals surface area contributed by atoms with Crippen LogP contribution in [0.2, 0.25) is 0 Å². The molecule has 0 fully saturated rings. The van der Waals surface area contributed by atoms with Crippen molar-refractivity contribution in [2.45, 2.75) is 0 Å². The van der Waals surface area contributed by atoms with Crippen molar-refractivity contribution in [3.8, 4) is 11.4 Å². The molecular formula is C36H22N2. The van der Waals surface area contributed by atoms with Gasteiger partial charge in [-0.2, -0.15) is 0 Å². The summed E-state index contributed by atoms with van der Waals surface area (Å²) in [5.41, 5.74) is 9.94. The number of nitrogens with zero attached hydrogens (tertiary/aromatic N) is 2. The van der Waals surface area contributed by atoms with Crippen LogP contribution in [0, 0.1) is 0 Å². The third-order valence-corrected chi connectivity index (χ3v) is 8.25. The lowest BCUT2D eigenvalue weighted by molar-refractivity contribution is 1.18. The topological polar surface area (TPSA) is 9.86 Å². The Morgan fingerprint density at radius 2 is 1.03 bits per heavy atom. The van der Waals surface area contributed by atoms with Gasteiger partial charge in [-0.05, 0) is 47.3 Å². The Kier molecular flexibility index (Phi) is 3.82. The first-order chi connectivity index (χ1) is 18.9. The van der Waals surface area contributed by atoms with Gasteiger partial charge in [0.25, 0.3) is 0 Å². The van der Waals surface area contributed by atoms with E-state index in [1.54, 1.807) is 0 Å². The van der Waals surface area contributed by atoms with E-state index in [0.717, 1.165) is 0 Å². The fourth-order valence-electron chi connectivity index (χ4n) is 6.68. The van der Waals surface area contributed by atoms with Crippen molar-refractivity contribution in [1.29, 1.82) is 0 Å². The highest BCUT2D eigenvalue weighted by molar-refractivity contribution is 6.26. The van der Waals surface area contributed by atoms with Gasteiger partial charge >= 0.3 is 0 Å². The number of rotatable bonds is 1. The second kappa shape index (κ2) is 7.24. The molecule has 2 aromatic heterocycles. The van der Waals surface area contributed by atoms with E-state index in [1.165, 1.54) is 76.9 Å². The summed E-state index contributed by atoms with van der Waals surface area (Å²) in [6, 6.07) is 44.2. The van der Waals surface area contributed by atoms with Crippen molar-refractivity contribution >= 4 is 66.5 Å². The first kappa shape index (κ1) is 20.0. The molecule has 38 heavy (non-hydrogen) atoms. The minimum absolute atomic E-state index is 1.18. The van der Waals surface area contributed by atoms with Crippen LogP contribution < -0.4 is 0 Å². The molecule has 2 nitrogen and oxygen atoms in total. The van der Waals surface area contributed by atoms with Gasteiger partial charge in [0.2, 0.25) is 0 Å². The second-order valence-electron chi connectivity index (χ2n) is 10.2. The molecule has 0 atom stereocenters. The molecule has 1 aliphatic heterocycles. The lowest BCUT2D eigenvalue weighted by Crippen LogP contribution is -1.97. The van der Waals surface area contributed by atoms with Gasteiger partial charge in [0.15, 0.2) is 0 Å². The fraction of sp³-hybridized carbons (Fsp3) is 0. The molecule has 8 aromatic rings. The molecule has 2 heteroatoms. The van der Waals surface area contributed by atoms with E-state index in [0.29, 0.717) is 0 Å². The Bertz CT molecular complexity index is 2280. The summed E-state index contributed by atoms with van der Waals surface area (Å²) in [6.07, 6.45) is 4.61. The third kappa shape index (κ3) is 2.47. The van der Waals surface area contributed by atoms with Crippen molar-refractivity contribution < 1.29 is 0 Å². The van der Waals surface area contributed by atoms with Crippen LogP contribution in [0.3, 0.4) is 0 Å². The summed E-state index contributed by atoms with van der Waals surface area (Å²) in [7, 11) is 0. The van der Waals surface area contributed by atoms with Crippen LogP contribution in [0.1, 0.15) is 11.1 Å². The number of fused-ring (bicyclic) bond motifs is 11. The maximum atomic E-state index is 2.46. The van der Waals surface area contributed by atoms with Crippen molar-refractivity contribution in [1.82, 2.24) is 9.13 Å². The highest BCUT2D eigenvalue weighted by Crippen LogP contribution is 2.44. The van der Waals surface area contributed by atoms with Crippen molar-refractivity contribution in [2.24, 2.45) is 0 Å². The van der Waals surface area contributed by atoms with Gasteiger partial charge < -0.3 is 9.13 Å². The van der Waals surface area contributed by atoms with Gasteiger partial charge in [-0.25, -0.2) is 0 Å². The van der Waals surface area contributed by atoms with E-state index in [9.17, 15) is 0 Å². The van der Waals surface area contributed by atoms with Gasteiger partial charge in [-0.15, -0.1) is 0 Å². The summed E-state index contributed by atoms with van der Waals surface area (Å²) in [4.78, 5) is 0. The molecule has 0 aliphatic carbocycles. The molecule has 0 unspecified atom stereocenters. The zero-order valence-corrected chi connectivity index (χ0v) is 20.6. The normalized spacial score (nSPS) is 12.6. The monoisotopic (exact) mass is 482 g/mol. The zero-order valence-electron chi connectivity index (χ0n) is 20.6. The molecule has 0 saturated heterocycles. The predicted octanol–water partition coefficient (Wildman–Crippen LogP) is 9.52. The summed E-state index contributed by atoms with van der Waals surface area (Å²) in [5.74, 6) is 0. The third-order valence-electron chi connectivity index (χ3n) is 8.25. The first-order valence-corrected chi connectivity index (χ1v) is 13.1. The van der Waals surface area contributed by atoms with Crippen LogP contribution in [0.5, 0.6) is 0 Å². The van der Waals surface area contributed by atoms with Crippen LogP contribution in [-0.2, 0) is 0 Å². The molecule has 9 rings (SSSR count). The minimum atomic E-state index is 1.18. The molecule has 0 radical (unpaired) electrons. The number of para-hydroxylation sites is 4. The summed E-state index contributed by atoms with van der Waals surface area (Å²) in [5, 5.41) is 7.70. The molecule has 0 amide bonds. The molecule has 6 aromatic carbocycles. The highest BCUT2D eigenvalue weighted by Gasteiger charge is 2.22. The maximum Gasteiger partial charge on any atom is 0.0620 e. The molecule has 176 valence electrons. The highest BCUT2D eigenvalue weighted by atomic mass is 15.0. The van der Waals surface area contributed by atoms with Crippen LogP contribution in [0.15, 0.2) is 121 Å². The largest absolute Gasteiger partial charge is 0.309 e. The Labute approximate surface area is 219 Å². The van der Waals surface area contributed by atoms with E-state index in [4.69, 9.17) is 0 Å². The standard InChI is InChI=1S/C36H22N2/c1-2-11-24(12-3-1)37-33-16-8-5-13-26(33)29-21-20-25-28-19-18-23-10-4-7-15-32(23)38-34-17-9-6-14-27(34)31(36(28)38)22-30(25)35(29)37/h1-22H. The van der Waals surface area contributed by atoms with Gasteiger partial charge in [0.1, 0.15) is 0 Å². The first-order valence-electron chi connectivity index (χ1n) is 13.1. The maximum absolute atomic E-state index is 2.46. The van der Waals surface area contributed by atoms with Crippen LogP contribution in [-0.4, -0.2) is 9.13 Å². The van der Waals surface area contributed by atoms with E-state index in [2.05, 4.69) is 143 Å². The summed E-state index contributed by atoms with van der Waals surface area (Å²) < 4.78 is 4.91. The van der Waals surface area contributed by atoms with Crippen molar-refractivity contribution in [3.05, 3.63) is 132 Å². The second-order valence-corrected chi connectivity index (χ2v) is 10.2. The Balaban J connectivity index is 1.57. The number of hydrogen-bond donors (Lipinski definition) is 0. The molecule has 0 bridgehead atoms. The van der Waals surface area contributed by atoms with E-state index >= 15 is 0 Å². The molecule has 3 heterocycles. The smallest absolute Gasteiger partial charge is 0.0620 e. The predicted molar refractivity (Wildman–Crippen MR) is 162 cm³/mol. The van der Waals surface area contributed by atoms with Crippen LogP contribution in [0.4, 0.5) is 0 Å². The molecule has 0 N–H and O–H groups in total. The summed E-state index contributed by atoms with van der Waals surface area (Å²) in [6.45, 7) is 0. The Morgan fingerprint density at radius 1 is 0.395 bits per heavy atom. The minimum Gasteiger partial charge on any atom is -0.309 e. The van der Waals surface area contributed by atoms with Gasteiger partial charge in [0.05, 0.1) is 27.8 Å². The van der Waals surface area contributed by atoms with Gasteiger partial charge in [0, 0.05) is 38.2 Å². The molecule has 1 aliphatic rings. The number of aromatic nitrogens is 2. The lowest BCUT2D eigenvalue weighted by atomic mass is 9.97. The SMILES string of the molecule is C1=Cc2c3ccc4c5ccccc5n(-c5ccccc5)c4c3cc3c4ccccc4n(c23)-c2ccccc21. The van der Waals surface area contributed by atoms with Gasteiger partial charge in [-0.3, -0.25) is 0 Å². The Hall–Kier alpha value is -5.08. The average Bonchev–Trinajstić information content (AvgIpc) is 3.42. The number of benzene rings is 6. The van der Waals surface area contributed by atoms with Crippen LogP contribution >= 0.6 is 0 Å². The molecule has 0 saturated carbocycles. The van der Waals surface area contributed by atoms with E-state index in [1.807, 2.05) is 0 Å². The van der Waals surface area contributed by atoms with Gasteiger partial charge in [-0.1, -0.05) is 97.1 Å². The Morgan fingerprint density at radius 3 is 1.87 bits per heavy atom. The zero-order chi connectivity index (χ0) is 24.8. The van der Waals surface area contributed by atoms with Crippen LogP contribution in [0.25, 0.3) is 77.9 Å². The lowest BCUT2D eigenvalue weighted by Gasteiger charge is -2.13. The fourth-order valence-corrected chi connectivity index (χ4v) is 6.68. The average molecular weight is 483 g/mol. The molecule has 0 spiro atoms.